The second kappa shape index (κ2) is 8.30. The van der Waals surface area contributed by atoms with Gasteiger partial charge in [-0.3, -0.25) is 4.98 Å². The first-order valence-electron chi connectivity index (χ1n) is 9.13. The van der Waals surface area contributed by atoms with Crippen LogP contribution in [0.25, 0.3) is 22.7 Å². The highest BCUT2D eigenvalue weighted by atomic mass is 16.6. The molecule has 0 aliphatic carbocycles. The van der Waals surface area contributed by atoms with Crippen LogP contribution in [0.4, 0.5) is 4.79 Å². The Morgan fingerprint density at radius 3 is 2.66 bits per heavy atom. The third-order valence-electron chi connectivity index (χ3n) is 3.95. The first-order chi connectivity index (χ1) is 13.7. The van der Waals surface area contributed by atoms with Crippen molar-refractivity contribution in [2.24, 2.45) is 0 Å². The van der Waals surface area contributed by atoms with Gasteiger partial charge in [0.1, 0.15) is 22.9 Å². The molecule has 0 radical (unpaired) electrons. The van der Waals surface area contributed by atoms with Crippen molar-refractivity contribution in [3.8, 4) is 11.6 Å². The molecule has 1 N–H and O–H groups in total. The minimum Gasteiger partial charge on any atom is -0.467 e. The second-order valence-corrected chi connectivity index (χ2v) is 7.46. The molecular weight excluding hydrogens is 374 g/mol. The van der Waals surface area contributed by atoms with Crippen LogP contribution in [0.3, 0.4) is 0 Å². The van der Waals surface area contributed by atoms with E-state index < -0.39 is 23.7 Å². The summed E-state index contributed by atoms with van der Waals surface area (Å²) >= 11 is 0. The van der Waals surface area contributed by atoms with Crippen LogP contribution in [-0.4, -0.2) is 40.8 Å². The lowest BCUT2D eigenvalue weighted by atomic mass is 10.1. The summed E-state index contributed by atoms with van der Waals surface area (Å²) in [6, 6.07) is 9.96. The average Bonchev–Trinajstić information content (AvgIpc) is 3.09. The minimum atomic E-state index is -0.894. The van der Waals surface area contributed by atoms with Crippen LogP contribution in [0, 0.1) is 0 Å². The normalized spacial score (nSPS) is 12.4. The Morgan fingerprint density at radius 2 is 2.00 bits per heavy atom. The number of carbonyl (C=O) groups excluding carboxylic acids is 2. The number of aromatic nitrogens is 2. The lowest BCUT2D eigenvalue weighted by Crippen LogP contribution is -2.45. The zero-order valence-corrected chi connectivity index (χ0v) is 16.8. The van der Waals surface area contributed by atoms with Crippen LogP contribution in [0.1, 0.15) is 26.3 Å². The molecule has 8 nitrogen and oxygen atoms in total. The van der Waals surface area contributed by atoms with Gasteiger partial charge in [0.05, 0.1) is 7.11 Å². The van der Waals surface area contributed by atoms with E-state index in [2.05, 4.69) is 15.3 Å². The maximum Gasteiger partial charge on any atom is 0.408 e. The van der Waals surface area contributed by atoms with E-state index in [9.17, 15) is 9.59 Å². The van der Waals surface area contributed by atoms with Crippen LogP contribution >= 0.6 is 0 Å². The summed E-state index contributed by atoms with van der Waals surface area (Å²) in [6.07, 6.45) is 1.19. The van der Waals surface area contributed by atoms with Crippen LogP contribution < -0.4 is 5.32 Å². The molecule has 2 aromatic heterocycles. The molecule has 0 saturated heterocycles. The molecule has 0 bridgehead atoms. The molecule has 8 heteroatoms. The van der Waals surface area contributed by atoms with Gasteiger partial charge in [-0.1, -0.05) is 12.1 Å². The summed E-state index contributed by atoms with van der Waals surface area (Å²) in [4.78, 5) is 32.9. The molecular formula is C21H23N3O5. The number of nitrogens with one attached hydrogen (secondary N) is 1. The van der Waals surface area contributed by atoms with E-state index in [-0.39, 0.29) is 6.42 Å². The van der Waals surface area contributed by atoms with Crippen molar-refractivity contribution < 1.29 is 23.5 Å². The number of oxazole rings is 1. The van der Waals surface area contributed by atoms with E-state index in [4.69, 9.17) is 13.9 Å². The molecule has 0 unspecified atom stereocenters. The zero-order valence-electron chi connectivity index (χ0n) is 16.8. The fourth-order valence-corrected chi connectivity index (χ4v) is 2.72. The van der Waals surface area contributed by atoms with Crippen LogP contribution in [-0.2, 0) is 20.7 Å². The summed E-state index contributed by atoms with van der Waals surface area (Å²) in [5.74, 6) is -0.153. The van der Waals surface area contributed by atoms with Gasteiger partial charge in [-0.25, -0.2) is 14.6 Å². The number of esters is 1. The number of benzene rings is 1. The van der Waals surface area contributed by atoms with Gasteiger partial charge in [0, 0.05) is 12.6 Å². The first kappa shape index (κ1) is 20.3. The number of carbonyl (C=O) groups is 2. The number of hydrogen-bond donors (Lipinski definition) is 1. The molecule has 3 aromatic rings. The Hall–Kier alpha value is -3.42. The number of pyridine rings is 1. The monoisotopic (exact) mass is 397 g/mol. The lowest BCUT2D eigenvalue weighted by Gasteiger charge is -2.22. The molecule has 0 aliphatic rings. The SMILES string of the molecule is COC(=O)[C@H](Cc1ccc2oc(-c3ccccn3)nc2c1)NC(=O)OC(C)(C)C. The predicted octanol–water partition coefficient (Wildman–Crippen LogP) is 3.50. The molecule has 1 aromatic carbocycles. The van der Waals surface area contributed by atoms with E-state index in [1.54, 1.807) is 39.1 Å². The highest BCUT2D eigenvalue weighted by molar-refractivity contribution is 5.82. The van der Waals surface area contributed by atoms with E-state index in [1.807, 2.05) is 24.3 Å². The number of fused-ring (bicyclic) bond motifs is 1. The number of rotatable bonds is 5. The lowest BCUT2D eigenvalue weighted by molar-refractivity contribution is -0.143. The molecule has 0 aliphatic heterocycles. The molecule has 2 heterocycles. The van der Waals surface area contributed by atoms with Gasteiger partial charge in [0.2, 0.25) is 5.89 Å². The highest BCUT2D eigenvalue weighted by Crippen LogP contribution is 2.24. The predicted molar refractivity (Wildman–Crippen MR) is 106 cm³/mol. The Kier molecular flexibility index (Phi) is 5.81. The summed E-state index contributed by atoms with van der Waals surface area (Å²) in [7, 11) is 1.27. The fraction of sp³-hybridized carbons (Fsp3) is 0.333. The molecule has 1 amide bonds. The van der Waals surface area contributed by atoms with E-state index >= 15 is 0 Å². The number of ether oxygens (including phenoxy) is 2. The van der Waals surface area contributed by atoms with Gasteiger partial charge in [-0.15, -0.1) is 0 Å². The quantitative estimate of drug-likeness (QED) is 0.657. The maximum atomic E-state index is 12.1. The number of nitrogens with zero attached hydrogens (tertiary/aromatic N) is 2. The second-order valence-electron chi connectivity index (χ2n) is 7.46. The van der Waals surface area contributed by atoms with E-state index in [1.165, 1.54) is 7.11 Å². The van der Waals surface area contributed by atoms with E-state index in [0.717, 1.165) is 5.56 Å². The van der Waals surface area contributed by atoms with Crippen molar-refractivity contribution in [2.75, 3.05) is 7.11 Å². The number of methoxy groups -OCH3 is 1. The third kappa shape index (κ3) is 5.31. The minimum absolute atomic E-state index is 0.216. The summed E-state index contributed by atoms with van der Waals surface area (Å²) in [6.45, 7) is 5.24. The fourth-order valence-electron chi connectivity index (χ4n) is 2.72. The van der Waals surface area contributed by atoms with Gasteiger partial charge in [-0.2, -0.15) is 0 Å². The van der Waals surface area contributed by atoms with Crippen LogP contribution in [0.15, 0.2) is 47.0 Å². The van der Waals surface area contributed by atoms with Crippen molar-refractivity contribution in [2.45, 2.75) is 38.8 Å². The number of amides is 1. The Morgan fingerprint density at radius 1 is 1.21 bits per heavy atom. The first-order valence-corrected chi connectivity index (χ1v) is 9.13. The van der Waals surface area contributed by atoms with Gasteiger partial charge in [0.15, 0.2) is 5.58 Å². The van der Waals surface area contributed by atoms with Crippen molar-refractivity contribution in [1.29, 1.82) is 0 Å². The van der Waals surface area contributed by atoms with Crippen molar-refractivity contribution in [3.05, 3.63) is 48.2 Å². The van der Waals surface area contributed by atoms with Crippen molar-refractivity contribution >= 4 is 23.2 Å². The molecule has 0 saturated carbocycles. The standard InChI is InChI=1S/C21H23N3O5/c1-21(2,3)29-20(26)24-16(19(25)27-4)12-13-8-9-17-15(11-13)23-18(28-17)14-7-5-6-10-22-14/h5-11,16H,12H2,1-4H3,(H,24,26)/t16-/m0/s1. The van der Waals surface area contributed by atoms with Gasteiger partial charge in [-0.05, 0) is 50.6 Å². The number of alkyl carbamates (subject to hydrolysis) is 1. The molecule has 3 rings (SSSR count). The summed E-state index contributed by atoms with van der Waals surface area (Å²) < 4.78 is 15.8. The summed E-state index contributed by atoms with van der Waals surface area (Å²) in [5, 5.41) is 2.56. The molecule has 152 valence electrons. The van der Waals surface area contributed by atoms with E-state index in [0.29, 0.717) is 22.7 Å². The van der Waals surface area contributed by atoms with Gasteiger partial charge >= 0.3 is 12.1 Å². The molecule has 0 spiro atoms. The molecule has 29 heavy (non-hydrogen) atoms. The Balaban J connectivity index is 1.80. The van der Waals surface area contributed by atoms with Crippen molar-refractivity contribution in [1.82, 2.24) is 15.3 Å². The largest absolute Gasteiger partial charge is 0.467 e. The Labute approximate surface area is 168 Å². The zero-order chi connectivity index (χ0) is 21.0. The van der Waals surface area contributed by atoms with Gasteiger partial charge < -0.3 is 19.2 Å². The maximum absolute atomic E-state index is 12.1. The highest BCUT2D eigenvalue weighted by Gasteiger charge is 2.25. The van der Waals surface area contributed by atoms with Gasteiger partial charge in [0.25, 0.3) is 0 Å². The molecule has 1 atom stereocenters. The van der Waals surface area contributed by atoms with Crippen molar-refractivity contribution in [3.63, 3.8) is 0 Å². The Bertz CT molecular complexity index is 1010. The third-order valence-corrected chi connectivity index (χ3v) is 3.95. The summed E-state index contributed by atoms with van der Waals surface area (Å²) in [5.41, 5.74) is 1.97. The van der Waals surface area contributed by atoms with Crippen LogP contribution in [0.5, 0.6) is 0 Å². The topological polar surface area (TPSA) is 104 Å². The smallest absolute Gasteiger partial charge is 0.408 e. The molecule has 0 fully saturated rings. The average molecular weight is 397 g/mol. The van der Waals surface area contributed by atoms with Crippen LogP contribution in [0.2, 0.25) is 0 Å². The number of hydrogen-bond acceptors (Lipinski definition) is 7.